The van der Waals surface area contributed by atoms with Crippen LogP contribution in [0, 0.1) is 5.92 Å². The van der Waals surface area contributed by atoms with Crippen molar-refractivity contribution in [2.75, 3.05) is 51.1 Å². The van der Waals surface area contributed by atoms with Crippen LogP contribution in [0.2, 0.25) is 0 Å². The third kappa shape index (κ3) is 4.80. The first-order chi connectivity index (χ1) is 19.1. The van der Waals surface area contributed by atoms with Gasteiger partial charge in [0.05, 0.1) is 18.5 Å². The fraction of sp³-hybridized carbons (Fsp3) is 0.483. The minimum atomic E-state index is 0.00344. The Labute approximate surface area is 231 Å². The van der Waals surface area contributed by atoms with Crippen molar-refractivity contribution >= 4 is 51.1 Å². The number of hydrogen-bond acceptors (Lipinski definition) is 8. The Hall–Kier alpha value is -3.37. The molecule has 1 aromatic carbocycles. The number of amides is 2. The van der Waals surface area contributed by atoms with Crippen molar-refractivity contribution in [1.29, 1.82) is 0 Å². The van der Waals surface area contributed by atoms with Crippen LogP contribution < -0.4 is 5.32 Å². The molecule has 1 N–H and O–H groups in total. The number of piperazine rings is 1. The number of aromatic nitrogens is 2. The summed E-state index contributed by atoms with van der Waals surface area (Å²) in [6.45, 7) is 5.96. The van der Waals surface area contributed by atoms with Gasteiger partial charge in [0.25, 0.3) is 0 Å². The van der Waals surface area contributed by atoms with Gasteiger partial charge in [-0.2, -0.15) is 0 Å². The summed E-state index contributed by atoms with van der Waals surface area (Å²) in [4.78, 5) is 48.0. The number of aryl methyl sites for hydroxylation is 1. The Morgan fingerprint density at radius 1 is 1.03 bits per heavy atom. The number of nitrogens with one attached hydrogen (secondary N) is 1. The molecule has 3 aliphatic heterocycles. The second-order valence-corrected chi connectivity index (χ2v) is 12.1. The molecule has 4 aliphatic rings. The minimum absolute atomic E-state index is 0.00344. The largest absolute Gasteiger partial charge is 0.342 e. The van der Waals surface area contributed by atoms with Crippen molar-refractivity contribution in [1.82, 2.24) is 24.7 Å². The summed E-state index contributed by atoms with van der Waals surface area (Å²) < 4.78 is 0. The molecule has 0 bridgehead atoms. The Morgan fingerprint density at radius 3 is 2.72 bits per heavy atom. The van der Waals surface area contributed by atoms with E-state index in [1.807, 2.05) is 16.0 Å². The smallest absolute Gasteiger partial charge is 0.236 e. The highest BCUT2D eigenvalue weighted by Gasteiger charge is 2.33. The lowest BCUT2D eigenvalue weighted by Crippen LogP contribution is -2.52. The molecule has 0 saturated carbocycles. The summed E-state index contributed by atoms with van der Waals surface area (Å²) in [7, 11) is 0. The van der Waals surface area contributed by atoms with Crippen LogP contribution in [-0.4, -0.2) is 88.5 Å². The number of carbonyl (C=O) groups excluding carboxylic acids is 2. The van der Waals surface area contributed by atoms with Gasteiger partial charge < -0.3 is 15.1 Å². The molecule has 1 aliphatic carbocycles. The second kappa shape index (κ2) is 10.3. The summed E-state index contributed by atoms with van der Waals surface area (Å²) in [5, 5.41) is 4.61. The maximum Gasteiger partial charge on any atom is 0.236 e. The van der Waals surface area contributed by atoms with Gasteiger partial charge in [-0.1, -0.05) is 6.07 Å². The molecule has 2 fully saturated rings. The van der Waals surface area contributed by atoms with E-state index in [4.69, 9.17) is 0 Å². The Kier molecular flexibility index (Phi) is 6.52. The van der Waals surface area contributed by atoms with Gasteiger partial charge in [0.15, 0.2) is 0 Å². The number of benzene rings is 1. The highest BCUT2D eigenvalue weighted by molar-refractivity contribution is 7.19. The third-order valence-corrected chi connectivity index (χ3v) is 9.76. The molecule has 2 aromatic heterocycles. The molecule has 5 heterocycles. The zero-order valence-corrected chi connectivity index (χ0v) is 22.9. The number of carbonyl (C=O) groups is 2. The van der Waals surface area contributed by atoms with Crippen LogP contribution in [0.4, 0.5) is 11.5 Å². The van der Waals surface area contributed by atoms with Crippen LogP contribution in [0.15, 0.2) is 29.5 Å². The molecule has 9 nitrogen and oxygen atoms in total. The van der Waals surface area contributed by atoms with E-state index in [2.05, 4.69) is 43.4 Å². The Morgan fingerprint density at radius 2 is 1.87 bits per heavy atom. The van der Waals surface area contributed by atoms with Crippen molar-refractivity contribution in [3.63, 3.8) is 0 Å². The van der Waals surface area contributed by atoms with Gasteiger partial charge in [-0.3, -0.25) is 19.5 Å². The molecule has 3 aromatic rings. The lowest BCUT2D eigenvalue weighted by atomic mass is 9.86. The number of rotatable bonds is 5. The average molecular weight is 544 g/mol. The normalized spacial score (nSPS) is 20.9. The molecule has 0 radical (unpaired) electrons. The van der Waals surface area contributed by atoms with E-state index in [1.165, 1.54) is 16.0 Å². The van der Waals surface area contributed by atoms with Gasteiger partial charge in [-0.15, -0.1) is 11.3 Å². The summed E-state index contributed by atoms with van der Waals surface area (Å²) in [5.74, 6) is 1.33. The van der Waals surface area contributed by atoms with E-state index in [1.54, 1.807) is 17.7 Å². The molecule has 39 heavy (non-hydrogen) atoms. The number of hydrogen-bond donors (Lipinski definition) is 1. The SMILES string of the molecule is O=C(CN1CCN(C(=O)C2CCc3c(sc4ncnc(Nc5ccc6c(c5)C=NC6)c34)C2)CC1)N1CCCC1. The van der Waals surface area contributed by atoms with E-state index in [0.717, 1.165) is 92.1 Å². The van der Waals surface area contributed by atoms with Crippen LogP contribution in [0.3, 0.4) is 0 Å². The lowest BCUT2D eigenvalue weighted by Gasteiger charge is -2.37. The molecule has 7 rings (SSSR count). The van der Waals surface area contributed by atoms with E-state index < -0.39 is 0 Å². The second-order valence-electron chi connectivity index (χ2n) is 11.0. The quantitative estimate of drug-likeness (QED) is 0.531. The topological polar surface area (TPSA) is 94.0 Å². The summed E-state index contributed by atoms with van der Waals surface area (Å²) in [5.41, 5.74) is 4.68. The number of fused-ring (bicyclic) bond motifs is 4. The summed E-state index contributed by atoms with van der Waals surface area (Å²) in [6.07, 6.45) is 8.24. The van der Waals surface area contributed by atoms with Crippen molar-refractivity contribution in [3.05, 3.63) is 46.1 Å². The molecule has 2 amide bonds. The van der Waals surface area contributed by atoms with E-state index in [9.17, 15) is 9.59 Å². The van der Waals surface area contributed by atoms with Crippen LogP contribution in [0.1, 0.15) is 40.8 Å². The molecule has 10 heteroatoms. The third-order valence-electron chi connectivity index (χ3n) is 8.60. The minimum Gasteiger partial charge on any atom is -0.342 e. The highest BCUT2D eigenvalue weighted by Crippen LogP contribution is 2.41. The van der Waals surface area contributed by atoms with Crippen molar-refractivity contribution in [2.45, 2.75) is 38.6 Å². The first kappa shape index (κ1) is 24.7. The number of likely N-dealkylation sites (tertiary alicyclic amines) is 1. The van der Waals surface area contributed by atoms with Gasteiger partial charge >= 0.3 is 0 Å². The number of anilines is 2. The molecule has 202 valence electrons. The first-order valence-electron chi connectivity index (χ1n) is 14.1. The van der Waals surface area contributed by atoms with E-state index in [-0.39, 0.29) is 17.7 Å². The van der Waals surface area contributed by atoms with Crippen LogP contribution in [-0.2, 0) is 29.0 Å². The fourth-order valence-corrected chi connectivity index (χ4v) is 7.64. The van der Waals surface area contributed by atoms with Gasteiger partial charge in [0.2, 0.25) is 11.8 Å². The first-order valence-corrected chi connectivity index (χ1v) is 14.9. The zero-order valence-electron chi connectivity index (χ0n) is 22.1. The lowest BCUT2D eigenvalue weighted by molar-refractivity contribution is -0.138. The van der Waals surface area contributed by atoms with E-state index >= 15 is 0 Å². The maximum atomic E-state index is 13.5. The molecule has 2 saturated heterocycles. The standard InChI is InChI=1S/C29H33N7O2S/c37-25(35-7-1-2-8-35)17-34-9-11-36(12-10-34)29(38)19-4-6-23-24(14-19)39-28-26(23)27(31-18-32-28)33-22-5-3-20-15-30-16-21(20)13-22/h3,5,13,16,18-19H,1-2,4,6-12,14-15,17H2,(H,31,32,33). The van der Waals surface area contributed by atoms with Crippen LogP contribution >= 0.6 is 11.3 Å². The van der Waals surface area contributed by atoms with Gasteiger partial charge in [0.1, 0.15) is 17.0 Å². The van der Waals surface area contributed by atoms with Crippen LogP contribution in [0.5, 0.6) is 0 Å². The summed E-state index contributed by atoms with van der Waals surface area (Å²) in [6, 6.07) is 6.32. The fourth-order valence-electron chi connectivity index (χ4n) is 6.37. The molecular weight excluding hydrogens is 510 g/mol. The van der Waals surface area contributed by atoms with Gasteiger partial charge in [-0.25, -0.2) is 9.97 Å². The molecular formula is C29H33N7O2S. The maximum absolute atomic E-state index is 13.5. The Bertz CT molecular complexity index is 1450. The van der Waals surface area contributed by atoms with E-state index in [0.29, 0.717) is 19.6 Å². The number of thiophene rings is 1. The average Bonchev–Trinajstić information content (AvgIpc) is 3.72. The number of aliphatic imine (C=N–C) groups is 1. The zero-order chi connectivity index (χ0) is 26.3. The van der Waals surface area contributed by atoms with Crippen molar-refractivity contribution in [3.8, 4) is 0 Å². The van der Waals surface area contributed by atoms with Gasteiger partial charge in [0, 0.05) is 62.0 Å². The number of nitrogens with zero attached hydrogens (tertiary/aromatic N) is 6. The molecule has 1 unspecified atom stereocenters. The molecule has 1 atom stereocenters. The Balaban J connectivity index is 1.01. The van der Waals surface area contributed by atoms with Crippen molar-refractivity contribution < 1.29 is 9.59 Å². The molecule has 0 spiro atoms. The van der Waals surface area contributed by atoms with Gasteiger partial charge in [-0.05, 0) is 60.9 Å². The van der Waals surface area contributed by atoms with Crippen molar-refractivity contribution in [2.24, 2.45) is 10.9 Å². The monoisotopic (exact) mass is 543 g/mol. The van der Waals surface area contributed by atoms with Crippen LogP contribution in [0.25, 0.3) is 10.2 Å². The summed E-state index contributed by atoms with van der Waals surface area (Å²) >= 11 is 1.70. The predicted molar refractivity (Wildman–Crippen MR) is 153 cm³/mol. The highest BCUT2D eigenvalue weighted by atomic mass is 32.1. The predicted octanol–water partition coefficient (Wildman–Crippen LogP) is 3.24.